The fourth-order valence-electron chi connectivity index (χ4n) is 2.46. The van der Waals surface area contributed by atoms with E-state index in [0.717, 1.165) is 17.0 Å². The highest BCUT2D eigenvalue weighted by Gasteiger charge is 2.13. The molecule has 122 valence electrons. The highest BCUT2D eigenvalue weighted by Crippen LogP contribution is 2.28. The van der Waals surface area contributed by atoms with Gasteiger partial charge in [-0.3, -0.25) is 4.79 Å². The number of amides is 1. The molecule has 0 saturated heterocycles. The Bertz CT molecular complexity index is 887. The van der Waals surface area contributed by atoms with Gasteiger partial charge in [0.25, 0.3) is 5.91 Å². The van der Waals surface area contributed by atoms with Crippen LogP contribution in [0.15, 0.2) is 54.9 Å². The molecule has 0 aliphatic heterocycles. The molecule has 0 radical (unpaired) electrons. The van der Waals surface area contributed by atoms with E-state index in [9.17, 15) is 15.0 Å². The Balaban J connectivity index is 1.74. The molecular formula is C18H17N3O3. The number of hydrogen-bond acceptors (Lipinski definition) is 4. The molecule has 1 amide bonds. The third kappa shape index (κ3) is 3.08. The van der Waals surface area contributed by atoms with Crippen molar-refractivity contribution in [2.45, 2.75) is 6.54 Å². The lowest BCUT2D eigenvalue weighted by atomic mass is 10.1. The molecule has 0 aliphatic rings. The van der Waals surface area contributed by atoms with Crippen molar-refractivity contribution >= 4 is 5.91 Å². The minimum Gasteiger partial charge on any atom is -0.504 e. The second-order valence-corrected chi connectivity index (χ2v) is 5.42. The summed E-state index contributed by atoms with van der Waals surface area (Å²) in [6, 6.07) is 12.0. The summed E-state index contributed by atoms with van der Waals surface area (Å²) in [4.78, 5) is 16.5. The first-order valence-electron chi connectivity index (χ1n) is 7.42. The number of aromatic nitrogens is 2. The molecule has 1 heterocycles. The number of nitrogens with one attached hydrogen (secondary N) is 1. The van der Waals surface area contributed by atoms with Crippen molar-refractivity contribution in [3.05, 3.63) is 66.0 Å². The molecule has 0 aliphatic carbocycles. The molecule has 6 nitrogen and oxygen atoms in total. The van der Waals surface area contributed by atoms with Crippen LogP contribution in [0.25, 0.3) is 11.4 Å². The van der Waals surface area contributed by atoms with Gasteiger partial charge in [0.15, 0.2) is 11.5 Å². The molecule has 0 unspecified atom stereocenters. The summed E-state index contributed by atoms with van der Waals surface area (Å²) in [5.41, 5.74) is 1.90. The maximum absolute atomic E-state index is 12.2. The molecule has 24 heavy (non-hydrogen) atoms. The van der Waals surface area contributed by atoms with Crippen LogP contribution in [0.4, 0.5) is 0 Å². The molecule has 0 saturated carbocycles. The number of para-hydroxylation sites is 1. The minimum atomic E-state index is -0.453. The van der Waals surface area contributed by atoms with E-state index in [-0.39, 0.29) is 11.3 Å². The van der Waals surface area contributed by atoms with Crippen LogP contribution in [-0.4, -0.2) is 25.7 Å². The lowest BCUT2D eigenvalue weighted by Crippen LogP contribution is -2.22. The average Bonchev–Trinajstić information content (AvgIpc) is 3.01. The van der Waals surface area contributed by atoms with Crippen LogP contribution < -0.4 is 5.32 Å². The Labute approximate surface area is 139 Å². The Morgan fingerprint density at radius 2 is 2.00 bits per heavy atom. The SMILES string of the molecule is Cn1ccnc1-c1cccc(CNC(=O)c2cccc(O)c2O)c1. The lowest BCUT2D eigenvalue weighted by Gasteiger charge is -2.09. The fourth-order valence-corrected chi connectivity index (χ4v) is 2.46. The summed E-state index contributed by atoms with van der Waals surface area (Å²) in [5.74, 6) is -0.351. The van der Waals surface area contributed by atoms with E-state index in [0.29, 0.717) is 6.54 Å². The number of carbonyl (C=O) groups is 1. The number of phenolic OH excluding ortho intramolecular Hbond substituents is 2. The van der Waals surface area contributed by atoms with Gasteiger partial charge >= 0.3 is 0 Å². The number of hydrogen-bond donors (Lipinski definition) is 3. The normalized spacial score (nSPS) is 10.5. The molecular weight excluding hydrogens is 306 g/mol. The maximum Gasteiger partial charge on any atom is 0.255 e. The summed E-state index contributed by atoms with van der Waals surface area (Å²) in [6.45, 7) is 0.298. The molecule has 3 aromatic rings. The zero-order chi connectivity index (χ0) is 17.1. The van der Waals surface area contributed by atoms with Crippen molar-refractivity contribution in [1.82, 2.24) is 14.9 Å². The van der Waals surface area contributed by atoms with Crippen LogP contribution >= 0.6 is 0 Å². The molecule has 1 aromatic heterocycles. The Morgan fingerprint density at radius 1 is 1.21 bits per heavy atom. The van der Waals surface area contributed by atoms with E-state index in [1.54, 1.807) is 6.20 Å². The first-order chi connectivity index (χ1) is 11.6. The number of nitrogens with zero attached hydrogens (tertiary/aromatic N) is 2. The van der Waals surface area contributed by atoms with Gasteiger partial charge < -0.3 is 20.1 Å². The minimum absolute atomic E-state index is 0.0373. The van der Waals surface area contributed by atoms with Gasteiger partial charge in [-0.1, -0.05) is 24.3 Å². The Hall–Kier alpha value is -3.28. The second kappa shape index (κ2) is 6.45. The number of imidazole rings is 1. The predicted molar refractivity (Wildman–Crippen MR) is 89.6 cm³/mol. The molecule has 0 bridgehead atoms. The van der Waals surface area contributed by atoms with Crippen LogP contribution in [0.5, 0.6) is 11.5 Å². The first kappa shape index (κ1) is 15.6. The van der Waals surface area contributed by atoms with Crippen LogP contribution in [0.2, 0.25) is 0 Å². The van der Waals surface area contributed by atoms with Crippen molar-refractivity contribution in [2.75, 3.05) is 0 Å². The van der Waals surface area contributed by atoms with Crippen LogP contribution in [0, 0.1) is 0 Å². The zero-order valence-electron chi connectivity index (χ0n) is 13.1. The number of aromatic hydroxyl groups is 2. The van der Waals surface area contributed by atoms with Gasteiger partial charge in [0.1, 0.15) is 5.82 Å². The number of phenols is 2. The molecule has 0 spiro atoms. The van der Waals surface area contributed by atoms with Gasteiger partial charge in [-0.25, -0.2) is 4.98 Å². The fraction of sp³-hybridized carbons (Fsp3) is 0.111. The summed E-state index contributed by atoms with van der Waals surface area (Å²) < 4.78 is 1.92. The average molecular weight is 323 g/mol. The number of rotatable bonds is 4. The van der Waals surface area contributed by atoms with Gasteiger partial charge in [0.2, 0.25) is 0 Å². The standard InChI is InChI=1S/C18H17N3O3/c1-21-9-8-19-17(21)13-5-2-4-12(10-13)11-20-18(24)14-6-3-7-15(22)16(14)23/h2-10,22-23H,11H2,1H3,(H,20,24). The number of carbonyl (C=O) groups excluding carboxylic acids is 1. The highest BCUT2D eigenvalue weighted by molar-refractivity contribution is 5.97. The van der Waals surface area contributed by atoms with Gasteiger partial charge in [0, 0.05) is 31.5 Å². The summed E-state index contributed by atoms with van der Waals surface area (Å²) >= 11 is 0. The molecule has 2 aromatic carbocycles. The monoisotopic (exact) mass is 323 g/mol. The van der Waals surface area contributed by atoms with E-state index < -0.39 is 11.7 Å². The summed E-state index contributed by atoms with van der Waals surface area (Å²) in [6.07, 6.45) is 3.60. The van der Waals surface area contributed by atoms with Crippen molar-refractivity contribution in [3.63, 3.8) is 0 Å². The zero-order valence-corrected chi connectivity index (χ0v) is 13.1. The van der Waals surface area contributed by atoms with Gasteiger partial charge in [0.05, 0.1) is 5.56 Å². The summed E-state index contributed by atoms with van der Waals surface area (Å²) in [7, 11) is 1.92. The maximum atomic E-state index is 12.2. The molecule has 0 fully saturated rings. The molecule has 0 atom stereocenters. The van der Waals surface area contributed by atoms with Crippen molar-refractivity contribution in [3.8, 4) is 22.9 Å². The van der Waals surface area contributed by atoms with E-state index >= 15 is 0 Å². The number of benzene rings is 2. The lowest BCUT2D eigenvalue weighted by molar-refractivity contribution is 0.0947. The summed E-state index contributed by atoms with van der Waals surface area (Å²) in [5, 5.41) is 21.9. The Kier molecular flexibility index (Phi) is 4.20. The highest BCUT2D eigenvalue weighted by atomic mass is 16.3. The topological polar surface area (TPSA) is 87.4 Å². The molecule has 6 heteroatoms. The third-order valence-electron chi connectivity index (χ3n) is 3.72. The quantitative estimate of drug-likeness (QED) is 0.644. The van der Waals surface area contributed by atoms with Crippen LogP contribution in [-0.2, 0) is 13.6 Å². The van der Waals surface area contributed by atoms with E-state index in [4.69, 9.17) is 0 Å². The second-order valence-electron chi connectivity index (χ2n) is 5.42. The van der Waals surface area contributed by atoms with E-state index in [1.165, 1.54) is 18.2 Å². The van der Waals surface area contributed by atoms with Gasteiger partial charge in [-0.15, -0.1) is 0 Å². The largest absolute Gasteiger partial charge is 0.504 e. The smallest absolute Gasteiger partial charge is 0.255 e. The van der Waals surface area contributed by atoms with Crippen molar-refractivity contribution in [2.24, 2.45) is 7.05 Å². The van der Waals surface area contributed by atoms with Gasteiger partial charge in [-0.2, -0.15) is 0 Å². The van der Waals surface area contributed by atoms with Gasteiger partial charge in [-0.05, 0) is 23.8 Å². The van der Waals surface area contributed by atoms with E-state index in [2.05, 4.69) is 10.3 Å². The molecule has 3 N–H and O–H groups in total. The Morgan fingerprint density at radius 3 is 2.75 bits per heavy atom. The van der Waals surface area contributed by atoms with Crippen LogP contribution in [0.3, 0.4) is 0 Å². The first-order valence-corrected chi connectivity index (χ1v) is 7.42. The van der Waals surface area contributed by atoms with Crippen LogP contribution in [0.1, 0.15) is 15.9 Å². The number of aryl methyl sites for hydroxylation is 1. The van der Waals surface area contributed by atoms with Crippen molar-refractivity contribution in [1.29, 1.82) is 0 Å². The predicted octanol–water partition coefficient (Wildman–Crippen LogP) is 2.43. The third-order valence-corrected chi connectivity index (χ3v) is 3.72. The van der Waals surface area contributed by atoms with Crippen molar-refractivity contribution < 1.29 is 15.0 Å². The van der Waals surface area contributed by atoms with E-state index in [1.807, 2.05) is 42.1 Å². The molecule has 3 rings (SSSR count).